The summed E-state index contributed by atoms with van der Waals surface area (Å²) in [6.07, 6.45) is -1.14. The van der Waals surface area contributed by atoms with Gasteiger partial charge >= 0.3 is 5.97 Å². The minimum absolute atomic E-state index is 0.236. The highest BCUT2D eigenvalue weighted by atomic mass is 79.9. The molecule has 1 aliphatic rings. The molecular formula is C11H9BrO4. The Morgan fingerprint density at radius 1 is 1.56 bits per heavy atom. The molecule has 0 saturated heterocycles. The number of ketones is 1. The number of methoxy groups -OCH3 is 1. The van der Waals surface area contributed by atoms with E-state index in [0.29, 0.717) is 10.0 Å². The fourth-order valence-corrected chi connectivity index (χ4v) is 2.23. The third-order valence-corrected chi connectivity index (χ3v) is 3.07. The van der Waals surface area contributed by atoms with Crippen molar-refractivity contribution in [1.29, 1.82) is 0 Å². The summed E-state index contributed by atoms with van der Waals surface area (Å²) in [6, 6.07) is 5.37. The van der Waals surface area contributed by atoms with Gasteiger partial charge in [0, 0.05) is 10.0 Å². The second-order valence-electron chi connectivity index (χ2n) is 3.35. The van der Waals surface area contributed by atoms with Gasteiger partial charge in [-0.2, -0.15) is 0 Å². The zero-order chi connectivity index (χ0) is 11.7. The number of fused-ring (bicyclic) bond motifs is 1. The predicted molar refractivity (Wildman–Crippen MR) is 59.1 cm³/mol. The average molecular weight is 285 g/mol. The van der Waals surface area contributed by atoms with Gasteiger partial charge in [-0.25, -0.2) is 4.79 Å². The lowest BCUT2D eigenvalue weighted by atomic mass is 9.98. The lowest BCUT2D eigenvalue weighted by Crippen LogP contribution is -2.38. The summed E-state index contributed by atoms with van der Waals surface area (Å²) in [7, 11) is 1.23. The maximum Gasteiger partial charge on any atom is 0.343 e. The van der Waals surface area contributed by atoms with Gasteiger partial charge < -0.3 is 9.47 Å². The molecule has 1 aromatic rings. The standard InChI is InChI=1S/C11H9BrO4/c1-15-11(14)10-9(13)8-6(5-16-10)3-2-4-7(8)12/h2-4,10H,5H2,1H3. The predicted octanol–water partition coefficient (Wildman–Crippen LogP) is 1.70. The normalized spacial score (nSPS) is 19.1. The lowest BCUT2D eigenvalue weighted by Gasteiger charge is -2.22. The van der Waals surface area contributed by atoms with Crippen LogP contribution in [0.15, 0.2) is 22.7 Å². The van der Waals surface area contributed by atoms with Crippen LogP contribution in [-0.4, -0.2) is 25.0 Å². The molecule has 1 aromatic carbocycles. The van der Waals surface area contributed by atoms with E-state index >= 15 is 0 Å². The van der Waals surface area contributed by atoms with E-state index in [2.05, 4.69) is 20.7 Å². The summed E-state index contributed by atoms with van der Waals surface area (Å²) in [5.74, 6) is -1.02. The van der Waals surface area contributed by atoms with Crippen LogP contribution in [0, 0.1) is 0 Å². The van der Waals surface area contributed by atoms with Crippen LogP contribution in [0.4, 0.5) is 0 Å². The van der Waals surface area contributed by atoms with Crippen LogP contribution < -0.4 is 0 Å². The summed E-state index contributed by atoms with van der Waals surface area (Å²) in [4.78, 5) is 23.3. The molecule has 0 fully saturated rings. The van der Waals surface area contributed by atoms with Crippen molar-refractivity contribution in [1.82, 2.24) is 0 Å². The van der Waals surface area contributed by atoms with E-state index < -0.39 is 12.1 Å². The fraction of sp³-hybridized carbons (Fsp3) is 0.273. The molecule has 5 heteroatoms. The van der Waals surface area contributed by atoms with Gasteiger partial charge in [0.05, 0.1) is 13.7 Å². The van der Waals surface area contributed by atoms with Gasteiger partial charge in [0.2, 0.25) is 11.9 Å². The molecule has 0 aromatic heterocycles. The van der Waals surface area contributed by atoms with Crippen LogP contribution in [0.25, 0.3) is 0 Å². The summed E-state index contributed by atoms with van der Waals surface area (Å²) in [6.45, 7) is 0.236. The van der Waals surface area contributed by atoms with Crippen molar-refractivity contribution < 1.29 is 19.1 Å². The van der Waals surface area contributed by atoms with E-state index in [4.69, 9.17) is 4.74 Å². The van der Waals surface area contributed by atoms with Crippen LogP contribution >= 0.6 is 15.9 Å². The van der Waals surface area contributed by atoms with Crippen LogP contribution in [0.3, 0.4) is 0 Å². The zero-order valence-electron chi connectivity index (χ0n) is 8.53. The molecule has 84 valence electrons. The van der Waals surface area contributed by atoms with Crippen molar-refractivity contribution in [2.75, 3.05) is 7.11 Å². The Balaban J connectivity index is 2.42. The van der Waals surface area contributed by atoms with Crippen molar-refractivity contribution in [3.63, 3.8) is 0 Å². The van der Waals surface area contributed by atoms with Crippen LogP contribution in [0.5, 0.6) is 0 Å². The average Bonchev–Trinajstić information content (AvgIpc) is 2.28. The molecule has 1 heterocycles. The van der Waals surface area contributed by atoms with Gasteiger partial charge in [0.15, 0.2) is 0 Å². The third kappa shape index (κ3) is 1.76. The van der Waals surface area contributed by atoms with E-state index in [1.54, 1.807) is 12.1 Å². The highest BCUT2D eigenvalue weighted by Crippen LogP contribution is 2.27. The minimum atomic E-state index is -1.14. The zero-order valence-corrected chi connectivity index (χ0v) is 10.1. The van der Waals surface area contributed by atoms with Crippen molar-refractivity contribution >= 4 is 27.7 Å². The molecule has 0 aliphatic carbocycles. The highest BCUT2D eigenvalue weighted by Gasteiger charge is 2.35. The molecule has 0 bridgehead atoms. The third-order valence-electron chi connectivity index (χ3n) is 2.41. The Bertz CT molecular complexity index is 455. The van der Waals surface area contributed by atoms with Gasteiger partial charge in [0.25, 0.3) is 0 Å². The first-order valence-electron chi connectivity index (χ1n) is 4.66. The van der Waals surface area contributed by atoms with Gasteiger partial charge in [-0.3, -0.25) is 4.79 Å². The number of halogens is 1. The molecule has 1 unspecified atom stereocenters. The fourth-order valence-electron chi connectivity index (χ4n) is 1.63. The number of esters is 1. The maximum absolute atomic E-state index is 12.0. The molecule has 16 heavy (non-hydrogen) atoms. The van der Waals surface area contributed by atoms with E-state index in [1.807, 2.05) is 6.07 Å². The monoisotopic (exact) mass is 284 g/mol. The molecular weight excluding hydrogens is 276 g/mol. The molecule has 0 N–H and O–H groups in total. The second kappa shape index (κ2) is 4.35. The number of ether oxygens (including phenoxy) is 2. The number of carbonyl (C=O) groups is 2. The van der Waals surface area contributed by atoms with Crippen molar-refractivity contribution in [2.45, 2.75) is 12.7 Å². The Morgan fingerprint density at radius 2 is 2.31 bits per heavy atom. The summed E-state index contributed by atoms with van der Waals surface area (Å²) >= 11 is 3.29. The SMILES string of the molecule is COC(=O)C1OCc2cccc(Br)c2C1=O. The van der Waals surface area contributed by atoms with Crippen LogP contribution in [-0.2, 0) is 20.9 Å². The van der Waals surface area contributed by atoms with E-state index in [1.165, 1.54) is 7.11 Å². The summed E-state index contributed by atoms with van der Waals surface area (Å²) in [5.41, 5.74) is 1.28. The molecule has 0 radical (unpaired) electrons. The molecule has 1 aliphatic heterocycles. The van der Waals surface area contributed by atoms with Gasteiger partial charge in [-0.1, -0.05) is 28.1 Å². The molecule has 1 atom stereocenters. The molecule has 0 amide bonds. The number of rotatable bonds is 1. The van der Waals surface area contributed by atoms with Gasteiger partial charge in [-0.15, -0.1) is 0 Å². The Labute approximate surface area is 101 Å². The van der Waals surface area contributed by atoms with Gasteiger partial charge in [-0.05, 0) is 11.6 Å². The number of carbonyl (C=O) groups excluding carboxylic acids is 2. The van der Waals surface area contributed by atoms with E-state index in [0.717, 1.165) is 5.56 Å². The van der Waals surface area contributed by atoms with Crippen LogP contribution in [0.2, 0.25) is 0 Å². The first-order valence-corrected chi connectivity index (χ1v) is 5.45. The minimum Gasteiger partial charge on any atom is -0.467 e. The van der Waals surface area contributed by atoms with E-state index in [9.17, 15) is 9.59 Å². The number of benzene rings is 1. The summed E-state index contributed by atoms with van der Waals surface area (Å²) < 4.78 is 10.4. The topological polar surface area (TPSA) is 52.6 Å². The van der Waals surface area contributed by atoms with E-state index in [-0.39, 0.29) is 12.4 Å². The summed E-state index contributed by atoms with van der Waals surface area (Å²) in [5, 5.41) is 0. The number of Topliss-reactive ketones (excluding diaryl/α,β-unsaturated/α-hetero) is 1. The largest absolute Gasteiger partial charge is 0.467 e. The second-order valence-corrected chi connectivity index (χ2v) is 4.21. The molecule has 2 rings (SSSR count). The van der Waals surface area contributed by atoms with Crippen LogP contribution in [0.1, 0.15) is 15.9 Å². The van der Waals surface area contributed by atoms with Gasteiger partial charge in [0.1, 0.15) is 0 Å². The molecule has 4 nitrogen and oxygen atoms in total. The lowest BCUT2D eigenvalue weighted by molar-refractivity contribution is -0.151. The molecule has 0 spiro atoms. The van der Waals surface area contributed by atoms with Crippen molar-refractivity contribution in [2.24, 2.45) is 0 Å². The number of hydrogen-bond acceptors (Lipinski definition) is 4. The van der Waals surface area contributed by atoms with Crippen molar-refractivity contribution in [3.05, 3.63) is 33.8 Å². The first kappa shape index (κ1) is 11.3. The smallest absolute Gasteiger partial charge is 0.343 e. The Hall–Kier alpha value is -1.20. The Kier molecular flexibility index (Phi) is 3.07. The highest BCUT2D eigenvalue weighted by molar-refractivity contribution is 9.10. The quantitative estimate of drug-likeness (QED) is 0.582. The maximum atomic E-state index is 12.0. The van der Waals surface area contributed by atoms with Crippen molar-refractivity contribution in [3.8, 4) is 0 Å². The molecule has 0 saturated carbocycles. The Morgan fingerprint density at radius 3 is 3.00 bits per heavy atom. The first-order chi connectivity index (χ1) is 7.65. The number of hydrogen-bond donors (Lipinski definition) is 0.